The van der Waals surface area contributed by atoms with Gasteiger partial charge in [-0.25, -0.2) is 28.2 Å². The minimum absolute atomic E-state index is 0.0355. The Morgan fingerprint density at radius 2 is 1.85 bits per heavy atom. The Kier molecular flexibility index (Phi) is 6.92. The van der Waals surface area contributed by atoms with Crippen LogP contribution in [0.4, 0.5) is 16.3 Å². The summed E-state index contributed by atoms with van der Waals surface area (Å²) in [7, 11) is -3.38. The molecule has 0 radical (unpaired) electrons. The number of hydrogen-bond donors (Lipinski definition) is 1. The molecule has 3 heterocycles. The Morgan fingerprint density at radius 1 is 1.15 bits per heavy atom. The Morgan fingerprint density at radius 3 is 2.44 bits per heavy atom. The lowest BCUT2D eigenvalue weighted by Crippen LogP contribution is -2.42. The first-order valence-electron chi connectivity index (χ1n) is 11.5. The first kappa shape index (κ1) is 24.2. The van der Waals surface area contributed by atoms with E-state index in [9.17, 15) is 13.2 Å². The fourth-order valence-corrected chi connectivity index (χ4v) is 4.53. The van der Waals surface area contributed by atoms with Gasteiger partial charge in [0.25, 0.3) is 0 Å². The lowest BCUT2D eigenvalue weighted by atomic mass is 10.1. The van der Waals surface area contributed by atoms with Crippen LogP contribution in [0.25, 0.3) is 0 Å². The van der Waals surface area contributed by atoms with Crippen LogP contribution in [0.5, 0.6) is 5.88 Å². The summed E-state index contributed by atoms with van der Waals surface area (Å²) in [4.78, 5) is 26.9. The lowest BCUT2D eigenvalue weighted by molar-refractivity contribution is 0.0505. The molecule has 184 valence electrons. The van der Waals surface area contributed by atoms with Crippen molar-refractivity contribution in [3.8, 4) is 5.88 Å². The highest BCUT2D eigenvalue weighted by atomic mass is 32.2. The molecule has 10 nitrogen and oxygen atoms in total. The number of aromatic nitrogens is 3. The number of nitrogens with zero attached hydrogens (tertiary/aromatic N) is 4. The summed E-state index contributed by atoms with van der Waals surface area (Å²) in [6, 6.07) is 3.18. The minimum atomic E-state index is -3.38. The topological polar surface area (TPSA) is 124 Å². The summed E-state index contributed by atoms with van der Waals surface area (Å²) >= 11 is 0. The van der Waals surface area contributed by atoms with Gasteiger partial charge in [0.15, 0.2) is 14.9 Å². The van der Waals surface area contributed by atoms with Crippen molar-refractivity contribution in [3.63, 3.8) is 0 Å². The fourth-order valence-electron chi connectivity index (χ4n) is 3.91. The van der Waals surface area contributed by atoms with Crippen molar-refractivity contribution in [1.82, 2.24) is 19.9 Å². The standard InChI is InChI=1S/C23H31N5O5S/c1-14(2)32-23(29)28-11-9-17(10-12-28)33-22-20(16-5-6-16)21(24-13-25-22)27-18-7-8-19(26-15(18)3)34(4,30)31/h7-8,13-14,16-17H,5-6,9-12H2,1-4H3,(H,24,25,27). The molecule has 0 spiro atoms. The highest BCUT2D eigenvalue weighted by Crippen LogP contribution is 2.47. The van der Waals surface area contributed by atoms with E-state index in [0.29, 0.717) is 54.9 Å². The number of ether oxygens (including phenoxy) is 2. The molecule has 0 atom stereocenters. The predicted octanol–water partition coefficient (Wildman–Crippen LogP) is 3.59. The first-order valence-corrected chi connectivity index (χ1v) is 13.4. The predicted molar refractivity (Wildman–Crippen MR) is 126 cm³/mol. The van der Waals surface area contributed by atoms with E-state index in [4.69, 9.17) is 9.47 Å². The lowest BCUT2D eigenvalue weighted by Gasteiger charge is -2.32. The quantitative estimate of drug-likeness (QED) is 0.621. The van der Waals surface area contributed by atoms with Crippen LogP contribution < -0.4 is 10.1 Å². The van der Waals surface area contributed by atoms with Gasteiger partial charge in [-0.15, -0.1) is 0 Å². The summed E-state index contributed by atoms with van der Waals surface area (Å²) < 4.78 is 35.2. The average molecular weight is 490 g/mol. The molecule has 4 rings (SSSR count). The molecule has 2 aromatic rings. The Bertz CT molecular complexity index is 1160. The summed E-state index contributed by atoms with van der Waals surface area (Å²) in [5, 5.41) is 3.34. The Labute approximate surface area is 200 Å². The number of sulfone groups is 1. The third-order valence-corrected chi connectivity index (χ3v) is 6.83. The minimum Gasteiger partial charge on any atom is -0.474 e. The number of hydrogen-bond acceptors (Lipinski definition) is 9. The number of carbonyl (C=O) groups is 1. The molecule has 1 saturated heterocycles. The third-order valence-electron chi connectivity index (χ3n) is 5.84. The van der Waals surface area contributed by atoms with Crippen LogP contribution in [0.1, 0.15) is 56.7 Å². The molecule has 0 unspecified atom stereocenters. The van der Waals surface area contributed by atoms with E-state index in [-0.39, 0.29) is 23.3 Å². The van der Waals surface area contributed by atoms with E-state index in [1.54, 1.807) is 17.9 Å². The van der Waals surface area contributed by atoms with Crippen LogP contribution >= 0.6 is 0 Å². The van der Waals surface area contributed by atoms with E-state index < -0.39 is 9.84 Å². The SMILES string of the molecule is Cc1nc(S(C)(=O)=O)ccc1Nc1ncnc(OC2CCN(C(=O)OC(C)C)CC2)c1C1CC1. The number of amides is 1. The number of piperidine rings is 1. The largest absolute Gasteiger partial charge is 0.474 e. The van der Waals surface area contributed by atoms with Gasteiger partial charge < -0.3 is 19.7 Å². The summed E-state index contributed by atoms with van der Waals surface area (Å²) in [6.07, 6.45) is 5.57. The van der Waals surface area contributed by atoms with E-state index in [0.717, 1.165) is 24.7 Å². The zero-order valence-corrected chi connectivity index (χ0v) is 20.8. The number of rotatable bonds is 7. The van der Waals surface area contributed by atoms with Gasteiger partial charge in [-0.1, -0.05) is 0 Å². The van der Waals surface area contributed by atoms with Gasteiger partial charge in [-0.3, -0.25) is 0 Å². The molecule has 1 aliphatic carbocycles. The van der Waals surface area contributed by atoms with E-state index in [1.165, 1.54) is 12.4 Å². The Balaban J connectivity index is 1.48. The molecular formula is C23H31N5O5S. The maximum atomic E-state index is 12.1. The van der Waals surface area contributed by atoms with Crippen molar-refractivity contribution < 1.29 is 22.7 Å². The van der Waals surface area contributed by atoms with Gasteiger partial charge in [0.2, 0.25) is 5.88 Å². The monoisotopic (exact) mass is 489 g/mol. The summed E-state index contributed by atoms with van der Waals surface area (Å²) in [5.74, 6) is 1.51. The molecule has 0 aromatic carbocycles. The molecular weight excluding hydrogens is 458 g/mol. The second-order valence-corrected chi connectivity index (χ2v) is 11.1. The van der Waals surface area contributed by atoms with Crippen LogP contribution in [-0.4, -0.2) is 65.9 Å². The van der Waals surface area contributed by atoms with Crippen LogP contribution in [0.3, 0.4) is 0 Å². The molecule has 2 fully saturated rings. The number of likely N-dealkylation sites (tertiary alicyclic amines) is 1. The molecule has 2 aliphatic rings. The Hall–Kier alpha value is -2.95. The van der Waals surface area contributed by atoms with Crippen molar-refractivity contribution in [3.05, 3.63) is 29.7 Å². The zero-order chi connectivity index (χ0) is 24.5. The van der Waals surface area contributed by atoms with E-state index in [1.807, 2.05) is 13.8 Å². The molecule has 1 aliphatic heterocycles. The van der Waals surface area contributed by atoms with Crippen molar-refractivity contribution in [2.45, 2.75) is 69.6 Å². The molecule has 1 amide bonds. The molecule has 34 heavy (non-hydrogen) atoms. The zero-order valence-electron chi connectivity index (χ0n) is 19.9. The highest BCUT2D eigenvalue weighted by Gasteiger charge is 2.33. The number of carbonyl (C=O) groups excluding carboxylic acids is 1. The number of pyridine rings is 1. The molecule has 0 bridgehead atoms. The normalized spacial score (nSPS) is 17.0. The molecule has 2 aromatic heterocycles. The van der Waals surface area contributed by atoms with E-state index in [2.05, 4.69) is 20.3 Å². The van der Waals surface area contributed by atoms with E-state index >= 15 is 0 Å². The maximum absolute atomic E-state index is 12.1. The fraction of sp³-hybridized carbons (Fsp3) is 0.565. The first-order chi connectivity index (χ1) is 16.1. The highest BCUT2D eigenvalue weighted by molar-refractivity contribution is 7.90. The second kappa shape index (κ2) is 9.73. The third kappa shape index (κ3) is 5.75. The molecule has 1 saturated carbocycles. The van der Waals surface area contributed by atoms with Gasteiger partial charge in [0, 0.05) is 32.2 Å². The van der Waals surface area contributed by atoms with Crippen molar-refractivity contribution >= 4 is 27.4 Å². The second-order valence-electron chi connectivity index (χ2n) is 9.13. The van der Waals surface area contributed by atoms with Crippen LogP contribution in [0.2, 0.25) is 0 Å². The van der Waals surface area contributed by atoms with Gasteiger partial charge in [0.05, 0.1) is 23.0 Å². The van der Waals surface area contributed by atoms with Crippen LogP contribution in [0.15, 0.2) is 23.5 Å². The van der Waals surface area contributed by atoms with Crippen molar-refractivity contribution in [2.75, 3.05) is 24.7 Å². The number of nitrogens with one attached hydrogen (secondary N) is 1. The maximum Gasteiger partial charge on any atom is 0.410 e. The van der Waals surface area contributed by atoms with Gasteiger partial charge in [-0.05, 0) is 51.7 Å². The number of anilines is 2. The van der Waals surface area contributed by atoms with Crippen LogP contribution in [-0.2, 0) is 14.6 Å². The van der Waals surface area contributed by atoms with Crippen LogP contribution in [0, 0.1) is 6.92 Å². The molecule has 1 N–H and O–H groups in total. The smallest absolute Gasteiger partial charge is 0.410 e. The number of aryl methyl sites for hydroxylation is 1. The summed E-state index contributed by atoms with van der Waals surface area (Å²) in [5.41, 5.74) is 2.16. The van der Waals surface area contributed by atoms with Gasteiger partial charge in [0.1, 0.15) is 18.2 Å². The summed E-state index contributed by atoms with van der Waals surface area (Å²) in [6.45, 7) is 6.58. The van der Waals surface area contributed by atoms with Gasteiger partial charge in [-0.2, -0.15) is 0 Å². The molecule has 11 heteroatoms. The van der Waals surface area contributed by atoms with Gasteiger partial charge >= 0.3 is 6.09 Å². The van der Waals surface area contributed by atoms with Crippen molar-refractivity contribution in [1.29, 1.82) is 0 Å². The average Bonchev–Trinajstić information content (AvgIpc) is 3.60. The van der Waals surface area contributed by atoms with Crippen molar-refractivity contribution in [2.24, 2.45) is 0 Å².